The van der Waals surface area contributed by atoms with E-state index in [9.17, 15) is 40.9 Å². The second-order valence-corrected chi connectivity index (χ2v) is 8.46. The molecule has 0 aliphatic carbocycles. The summed E-state index contributed by atoms with van der Waals surface area (Å²) in [6, 6.07) is 0. The molecule has 10 heteroatoms. The molecule has 0 spiro atoms. The molecule has 8 nitrogen and oxygen atoms in total. The molecule has 0 rings (SSSR count). The molecule has 0 unspecified atom stereocenters. The topological polar surface area (TPSA) is 184 Å². The average molecular weight is 724 g/mol. The van der Waals surface area contributed by atoms with Gasteiger partial charge in [-0.25, -0.2) is 0 Å². The van der Waals surface area contributed by atoms with Gasteiger partial charge >= 0.3 is 47.9 Å². The van der Waals surface area contributed by atoms with E-state index in [1.54, 1.807) is 0 Å². The van der Waals surface area contributed by atoms with E-state index in [0.717, 1.165) is 103 Å². The number of rotatable bonds is 16. The molecule has 0 aromatic carbocycles. The Kier molecular flexibility index (Phi) is 187. The van der Waals surface area contributed by atoms with Crippen LogP contribution in [0.4, 0.5) is 0 Å². The van der Waals surface area contributed by atoms with Gasteiger partial charge in [0.1, 0.15) is 0 Å². The zero-order chi connectivity index (χ0) is 33.0. The second-order valence-electron chi connectivity index (χ2n) is 8.46. The van der Waals surface area contributed by atoms with Crippen LogP contribution in [-0.4, -0.2) is 52.9 Å². The summed E-state index contributed by atoms with van der Waals surface area (Å²) in [4.78, 5) is 0. The number of unbranched alkanes of at least 4 members (excludes halogenated alkanes) is 8. The van der Waals surface area contributed by atoms with Gasteiger partial charge < -0.3 is 40.9 Å². The summed E-state index contributed by atoms with van der Waals surface area (Å²) >= 11 is 0. The molecule has 0 aromatic rings. The van der Waals surface area contributed by atoms with Gasteiger partial charge in [-0.15, -0.1) is 52.9 Å². The first kappa shape index (κ1) is 69.9. The minimum atomic E-state index is 0. The third-order valence-corrected chi connectivity index (χ3v) is 3.98. The summed E-state index contributed by atoms with van der Waals surface area (Å²) in [6.45, 7) is 16.8. The second kappa shape index (κ2) is 113. The van der Waals surface area contributed by atoms with Gasteiger partial charge in [0.05, 0.1) is 0 Å². The molecule has 0 heterocycles. The molecule has 0 N–H and O–H groups in total. The maximum atomic E-state index is 9.53. The van der Waals surface area contributed by atoms with Gasteiger partial charge in [0.2, 0.25) is 0 Å². The molecular weight excluding hydrogens is 651 g/mol. The van der Waals surface area contributed by atoms with E-state index in [4.69, 9.17) is 0 Å². The Bertz CT molecular complexity index is 175. The predicted molar refractivity (Wildman–Crippen MR) is 158 cm³/mol. The molecule has 0 amide bonds. The van der Waals surface area contributed by atoms with Crippen LogP contribution in [0, 0.1) is 0 Å². The molecule has 0 saturated carbocycles. The van der Waals surface area contributed by atoms with Gasteiger partial charge in [0.25, 0.3) is 0 Å². The van der Waals surface area contributed by atoms with Gasteiger partial charge in [0.15, 0.2) is 0 Å². The van der Waals surface area contributed by atoms with Crippen molar-refractivity contribution in [2.75, 3.05) is 52.9 Å². The summed E-state index contributed by atoms with van der Waals surface area (Å²) in [7, 11) is 0. The summed E-state index contributed by atoms with van der Waals surface area (Å²) in [5, 5.41) is 76.2. The first-order valence-corrected chi connectivity index (χ1v) is 16.0. The molecule has 0 bridgehead atoms. The summed E-state index contributed by atoms with van der Waals surface area (Å²) in [6.07, 6.45) is 14.9. The van der Waals surface area contributed by atoms with Crippen LogP contribution in [0.5, 0.6) is 0 Å². The SMILES string of the molecule is CCCC[O-].CCCC[O-].CCCC[O-].CCCC[O-].CCCC[O-].CCCC[O-].CCCC[O-].CCCC[O-].[Ti+4].[Zr+4]. The van der Waals surface area contributed by atoms with Gasteiger partial charge in [0, 0.05) is 0 Å². The third kappa shape index (κ3) is 224. The first-order valence-electron chi connectivity index (χ1n) is 16.0. The van der Waals surface area contributed by atoms with Crippen molar-refractivity contribution in [1.29, 1.82) is 0 Å². The molecular formula is C32H72O8TiZr. The van der Waals surface area contributed by atoms with Crippen molar-refractivity contribution in [3.8, 4) is 0 Å². The fourth-order valence-corrected chi connectivity index (χ4v) is 1.15. The van der Waals surface area contributed by atoms with E-state index in [-0.39, 0.29) is 101 Å². The van der Waals surface area contributed by atoms with Crippen LogP contribution in [0.1, 0.15) is 158 Å². The van der Waals surface area contributed by atoms with Crippen molar-refractivity contribution in [2.24, 2.45) is 0 Å². The quantitative estimate of drug-likeness (QED) is 0.213. The van der Waals surface area contributed by atoms with Crippen LogP contribution in [0.2, 0.25) is 0 Å². The smallest absolute Gasteiger partial charge is 0.854 e. The van der Waals surface area contributed by atoms with Gasteiger partial charge in [-0.1, -0.05) is 158 Å². The maximum Gasteiger partial charge on any atom is 4.00 e. The molecule has 0 saturated heterocycles. The first-order chi connectivity index (χ1) is 19.3. The third-order valence-electron chi connectivity index (χ3n) is 3.98. The molecule has 0 radical (unpaired) electrons. The molecule has 0 aliphatic rings. The van der Waals surface area contributed by atoms with Crippen molar-refractivity contribution in [2.45, 2.75) is 158 Å². The molecule has 0 aromatic heterocycles. The summed E-state index contributed by atoms with van der Waals surface area (Å²) < 4.78 is 0. The minimum Gasteiger partial charge on any atom is -0.854 e. The van der Waals surface area contributed by atoms with Crippen LogP contribution >= 0.6 is 0 Å². The van der Waals surface area contributed by atoms with Crippen molar-refractivity contribution in [3.63, 3.8) is 0 Å². The largest absolute Gasteiger partial charge is 4.00 e. The fraction of sp³-hybridized carbons (Fsp3) is 1.00. The number of hydrogen-bond donors (Lipinski definition) is 0. The summed E-state index contributed by atoms with van der Waals surface area (Å²) in [5.74, 6) is 0. The predicted octanol–water partition coefficient (Wildman–Crippen LogP) is 1.17. The molecule has 42 heavy (non-hydrogen) atoms. The van der Waals surface area contributed by atoms with E-state index in [0.29, 0.717) is 0 Å². The van der Waals surface area contributed by atoms with Crippen molar-refractivity contribution >= 4 is 0 Å². The van der Waals surface area contributed by atoms with Crippen LogP contribution in [0.15, 0.2) is 0 Å². The van der Waals surface area contributed by atoms with E-state index >= 15 is 0 Å². The number of hydrogen-bond acceptors (Lipinski definition) is 8. The van der Waals surface area contributed by atoms with Gasteiger partial charge in [-0.2, -0.15) is 0 Å². The van der Waals surface area contributed by atoms with Gasteiger partial charge in [-0.05, 0) is 0 Å². The normalized spacial score (nSPS) is 8.00. The fourth-order valence-electron chi connectivity index (χ4n) is 1.15. The monoisotopic (exact) mass is 722 g/mol. The summed E-state index contributed by atoms with van der Waals surface area (Å²) in [5.41, 5.74) is 0. The van der Waals surface area contributed by atoms with Crippen molar-refractivity contribution in [1.82, 2.24) is 0 Å². The van der Waals surface area contributed by atoms with Crippen molar-refractivity contribution < 1.29 is 88.8 Å². The van der Waals surface area contributed by atoms with Crippen LogP contribution in [0.25, 0.3) is 0 Å². The van der Waals surface area contributed by atoms with E-state index in [2.05, 4.69) is 0 Å². The minimum absolute atomic E-state index is 0. The van der Waals surface area contributed by atoms with Crippen molar-refractivity contribution in [3.05, 3.63) is 0 Å². The Morgan fingerprint density at radius 2 is 0.310 bits per heavy atom. The van der Waals surface area contributed by atoms with E-state index < -0.39 is 0 Å². The Morgan fingerprint density at radius 3 is 0.310 bits per heavy atom. The Labute approximate surface area is 298 Å². The van der Waals surface area contributed by atoms with E-state index in [1.807, 2.05) is 55.4 Å². The molecule has 0 fully saturated rings. The molecule has 0 atom stereocenters. The van der Waals surface area contributed by atoms with E-state index in [1.165, 1.54) is 0 Å². The van der Waals surface area contributed by atoms with Crippen LogP contribution in [-0.2, 0) is 47.9 Å². The average Bonchev–Trinajstić information content (AvgIpc) is 2.95. The van der Waals surface area contributed by atoms with Crippen LogP contribution < -0.4 is 40.9 Å². The molecule has 256 valence electrons. The zero-order valence-electron chi connectivity index (χ0n) is 29.2. The Morgan fingerprint density at radius 1 is 0.238 bits per heavy atom. The van der Waals surface area contributed by atoms with Gasteiger partial charge in [-0.3, -0.25) is 0 Å². The maximum absolute atomic E-state index is 9.53. The molecule has 0 aliphatic heterocycles. The Balaban J connectivity index is -0.0000000346. The van der Waals surface area contributed by atoms with Crippen LogP contribution in [0.3, 0.4) is 0 Å². The Hall–Kier alpha value is 1.28. The standard InChI is InChI=1S/8C4H9O.Ti.Zr/c8*1-2-3-4-5;;/h8*2-4H2,1H3;;/q8*-1;2*+4. The zero-order valence-corrected chi connectivity index (χ0v) is 33.3.